The van der Waals surface area contributed by atoms with Crippen LogP contribution >= 0.6 is 30.2 Å². The van der Waals surface area contributed by atoms with Crippen LogP contribution in [0.5, 0.6) is 0 Å². The minimum absolute atomic E-state index is 0.0214. The second kappa shape index (κ2) is 5.51. The molecular formula is C6H14IO3P. The Bertz CT molecular complexity index is 145. The molecule has 0 fully saturated rings. The van der Waals surface area contributed by atoms with Crippen molar-refractivity contribution in [2.24, 2.45) is 0 Å². The fourth-order valence-corrected chi connectivity index (χ4v) is 3.45. The Hall–Kier alpha value is 0.880. The molecule has 0 heterocycles. The SMILES string of the molecule is CCCCC(I)CP(=O)(O)O. The molecule has 0 bridgehead atoms. The lowest BCUT2D eigenvalue weighted by Crippen LogP contribution is -2.04. The lowest BCUT2D eigenvalue weighted by atomic mass is 10.2. The third-order valence-corrected chi connectivity index (χ3v) is 3.98. The summed E-state index contributed by atoms with van der Waals surface area (Å²) in [6, 6.07) is 0. The van der Waals surface area contributed by atoms with Gasteiger partial charge in [-0.05, 0) is 6.42 Å². The van der Waals surface area contributed by atoms with Crippen molar-refractivity contribution in [3.05, 3.63) is 0 Å². The third kappa shape index (κ3) is 8.79. The average molecular weight is 292 g/mol. The fourth-order valence-electron chi connectivity index (χ4n) is 0.775. The van der Waals surface area contributed by atoms with Crippen LogP contribution < -0.4 is 0 Å². The highest BCUT2D eigenvalue weighted by Crippen LogP contribution is 2.37. The first-order chi connectivity index (χ1) is 4.95. The fraction of sp³-hybridized carbons (Fsp3) is 1.00. The van der Waals surface area contributed by atoms with E-state index in [9.17, 15) is 4.57 Å². The van der Waals surface area contributed by atoms with Gasteiger partial charge in [0, 0.05) is 3.92 Å². The molecule has 0 amide bonds. The van der Waals surface area contributed by atoms with Crippen LogP contribution in [0.1, 0.15) is 26.2 Å². The minimum Gasteiger partial charge on any atom is -0.324 e. The van der Waals surface area contributed by atoms with Gasteiger partial charge in [0.15, 0.2) is 0 Å². The summed E-state index contributed by atoms with van der Waals surface area (Å²) in [5.74, 6) is 0. The Morgan fingerprint density at radius 1 is 1.55 bits per heavy atom. The van der Waals surface area contributed by atoms with E-state index in [4.69, 9.17) is 9.79 Å². The van der Waals surface area contributed by atoms with E-state index < -0.39 is 7.60 Å². The maximum Gasteiger partial charge on any atom is 0.326 e. The highest BCUT2D eigenvalue weighted by Gasteiger charge is 2.18. The second-order valence-electron chi connectivity index (χ2n) is 2.59. The standard InChI is InChI=1S/C6H14IO3P/c1-2-3-4-6(7)5-11(8,9)10/h6H,2-5H2,1H3,(H2,8,9,10). The lowest BCUT2D eigenvalue weighted by Gasteiger charge is -2.09. The number of halogens is 1. The summed E-state index contributed by atoms with van der Waals surface area (Å²) in [5, 5.41) is 0. The molecule has 3 nitrogen and oxygen atoms in total. The molecule has 11 heavy (non-hydrogen) atoms. The van der Waals surface area contributed by atoms with Crippen molar-refractivity contribution >= 4 is 30.2 Å². The predicted octanol–water partition coefficient (Wildman–Crippen LogP) is 2.16. The highest BCUT2D eigenvalue weighted by molar-refractivity contribution is 14.1. The Balaban J connectivity index is 3.52. The van der Waals surface area contributed by atoms with Gasteiger partial charge in [-0.25, -0.2) is 0 Å². The average Bonchev–Trinajstić information content (AvgIpc) is 1.79. The molecule has 0 radical (unpaired) electrons. The van der Waals surface area contributed by atoms with Crippen molar-refractivity contribution < 1.29 is 14.4 Å². The Morgan fingerprint density at radius 3 is 2.45 bits per heavy atom. The summed E-state index contributed by atoms with van der Waals surface area (Å²) in [6.07, 6.45) is 3.06. The van der Waals surface area contributed by atoms with Gasteiger partial charge in [0.05, 0.1) is 6.16 Å². The predicted molar refractivity (Wildman–Crippen MR) is 54.2 cm³/mol. The van der Waals surface area contributed by atoms with Gasteiger partial charge < -0.3 is 9.79 Å². The van der Waals surface area contributed by atoms with E-state index in [0.717, 1.165) is 19.3 Å². The van der Waals surface area contributed by atoms with E-state index in [1.807, 2.05) is 0 Å². The van der Waals surface area contributed by atoms with Crippen molar-refractivity contribution in [2.45, 2.75) is 30.1 Å². The Kier molecular flexibility index (Phi) is 5.95. The van der Waals surface area contributed by atoms with E-state index in [0.29, 0.717) is 0 Å². The number of hydrogen-bond donors (Lipinski definition) is 2. The topological polar surface area (TPSA) is 57.5 Å². The second-order valence-corrected chi connectivity index (χ2v) is 6.04. The molecule has 0 saturated heterocycles. The van der Waals surface area contributed by atoms with Gasteiger partial charge >= 0.3 is 7.60 Å². The van der Waals surface area contributed by atoms with E-state index in [1.54, 1.807) is 0 Å². The molecule has 0 aliphatic heterocycles. The lowest BCUT2D eigenvalue weighted by molar-refractivity contribution is 0.372. The van der Waals surface area contributed by atoms with Gasteiger partial charge in [0.1, 0.15) is 0 Å². The molecular weight excluding hydrogens is 278 g/mol. The molecule has 2 N–H and O–H groups in total. The van der Waals surface area contributed by atoms with Crippen LogP contribution in [0.4, 0.5) is 0 Å². The van der Waals surface area contributed by atoms with Gasteiger partial charge in [0.25, 0.3) is 0 Å². The largest absolute Gasteiger partial charge is 0.326 e. The molecule has 0 aromatic carbocycles. The minimum atomic E-state index is -3.77. The molecule has 1 unspecified atom stereocenters. The highest BCUT2D eigenvalue weighted by atomic mass is 127. The van der Waals surface area contributed by atoms with Crippen molar-refractivity contribution in [1.82, 2.24) is 0 Å². The van der Waals surface area contributed by atoms with E-state index in [2.05, 4.69) is 29.5 Å². The zero-order chi connectivity index (χ0) is 8.91. The number of rotatable bonds is 5. The summed E-state index contributed by atoms with van der Waals surface area (Å²) in [5.41, 5.74) is 0. The molecule has 0 aliphatic carbocycles. The molecule has 0 aromatic heterocycles. The zero-order valence-corrected chi connectivity index (χ0v) is 9.59. The van der Waals surface area contributed by atoms with Gasteiger partial charge in [-0.15, -0.1) is 0 Å². The molecule has 1 atom stereocenters. The molecule has 5 heteroatoms. The van der Waals surface area contributed by atoms with Gasteiger partial charge in [0.2, 0.25) is 0 Å². The van der Waals surface area contributed by atoms with Gasteiger partial charge in [-0.2, -0.15) is 0 Å². The first kappa shape index (κ1) is 11.9. The van der Waals surface area contributed by atoms with Crippen LogP contribution in [0.3, 0.4) is 0 Å². The van der Waals surface area contributed by atoms with Crippen molar-refractivity contribution in [3.63, 3.8) is 0 Å². The van der Waals surface area contributed by atoms with Crippen LogP contribution in [-0.2, 0) is 4.57 Å². The molecule has 0 rings (SSSR count). The Labute approximate surface area is 80.9 Å². The summed E-state index contributed by atoms with van der Waals surface area (Å²) < 4.78 is 10.6. The normalized spacial score (nSPS) is 14.9. The summed E-state index contributed by atoms with van der Waals surface area (Å²) >= 11 is 2.10. The monoisotopic (exact) mass is 292 g/mol. The molecule has 0 aliphatic rings. The summed E-state index contributed by atoms with van der Waals surface area (Å²) in [6.45, 7) is 2.07. The molecule has 0 saturated carbocycles. The molecule has 0 aromatic rings. The number of hydrogen-bond acceptors (Lipinski definition) is 1. The van der Waals surface area contributed by atoms with Crippen LogP contribution in [0.2, 0.25) is 0 Å². The Morgan fingerprint density at radius 2 is 2.09 bits per heavy atom. The number of unbranched alkanes of at least 4 members (excludes halogenated alkanes) is 1. The van der Waals surface area contributed by atoms with Crippen LogP contribution in [0, 0.1) is 0 Å². The van der Waals surface area contributed by atoms with Gasteiger partial charge in [-0.3, -0.25) is 4.57 Å². The van der Waals surface area contributed by atoms with Crippen molar-refractivity contribution in [1.29, 1.82) is 0 Å². The third-order valence-electron chi connectivity index (χ3n) is 1.31. The first-order valence-corrected chi connectivity index (χ1v) is 6.68. The maximum atomic E-state index is 10.5. The molecule has 0 spiro atoms. The zero-order valence-electron chi connectivity index (χ0n) is 6.53. The van der Waals surface area contributed by atoms with E-state index >= 15 is 0 Å². The maximum absolute atomic E-state index is 10.5. The smallest absolute Gasteiger partial charge is 0.324 e. The summed E-state index contributed by atoms with van der Waals surface area (Å²) in [4.78, 5) is 17.2. The van der Waals surface area contributed by atoms with Crippen LogP contribution in [-0.4, -0.2) is 19.9 Å². The van der Waals surface area contributed by atoms with Crippen LogP contribution in [0.15, 0.2) is 0 Å². The van der Waals surface area contributed by atoms with Crippen LogP contribution in [0.25, 0.3) is 0 Å². The first-order valence-electron chi connectivity index (χ1n) is 3.64. The van der Waals surface area contributed by atoms with E-state index in [1.165, 1.54) is 0 Å². The van der Waals surface area contributed by atoms with Crippen molar-refractivity contribution in [2.75, 3.05) is 6.16 Å². The summed E-state index contributed by atoms with van der Waals surface area (Å²) in [7, 11) is -3.77. The number of alkyl halides is 1. The van der Waals surface area contributed by atoms with Gasteiger partial charge in [-0.1, -0.05) is 42.4 Å². The molecule has 68 valence electrons. The quantitative estimate of drug-likeness (QED) is 0.464. The van der Waals surface area contributed by atoms with E-state index in [-0.39, 0.29) is 10.1 Å². The van der Waals surface area contributed by atoms with Crippen molar-refractivity contribution in [3.8, 4) is 0 Å².